The van der Waals surface area contributed by atoms with Crippen molar-refractivity contribution in [2.75, 3.05) is 20.2 Å². The van der Waals surface area contributed by atoms with E-state index in [4.69, 9.17) is 4.74 Å². The van der Waals surface area contributed by atoms with Crippen molar-refractivity contribution in [3.8, 4) is 5.75 Å². The van der Waals surface area contributed by atoms with Crippen LogP contribution in [0.3, 0.4) is 0 Å². The number of ether oxygens (including phenoxy) is 1. The molecule has 0 amide bonds. The van der Waals surface area contributed by atoms with E-state index in [1.165, 1.54) is 11.4 Å². The zero-order valence-corrected chi connectivity index (χ0v) is 14.1. The van der Waals surface area contributed by atoms with Gasteiger partial charge >= 0.3 is 0 Å². The molecule has 0 spiro atoms. The van der Waals surface area contributed by atoms with Gasteiger partial charge in [-0.15, -0.1) is 0 Å². The number of benzene rings is 1. The first-order valence-electron chi connectivity index (χ1n) is 7.66. The maximum Gasteiger partial charge on any atom is 0.247 e. The lowest BCUT2D eigenvalue weighted by Crippen LogP contribution is -2.38. The van der Waals surface area contributed by atoms with Gasteiger partial charge in [0.25, 0.3) is 0 Å². The molecule has 0 aromatic heterocycles. The smallest absolute Gasteiger partial charge is 0.247 e. The van der Waals surface area contributed by atoms with Gasteiger partial charge in [-0.05, 0) is 56.2 Å². The number of hydrogen-bond acceptors (Lipinski definition) is 4. The molecule has 6 heteroatoms. The van der Waals surface area contributed by atoms with Crippen LogP contribution in [0.1, 0.15) is 30.4 Å². The van der Waals surface area contributed by atoms with Crippen LogP contribution in [0.25, 0.3) is 0 Å². The molecule has 1 heterocycles. The Labute approximate surface area is 131 Å². The van der Waals surface area contributed by atoms with Crippen LogP contribution in [0.2, 0.25) is 0 Å². The van der Waals surface area contributed by atoms with Crippen molar-refractivity contribution in [1.29, 1.82) is 0 Å². The SMILES string of the molecule is COc1cc(C)cc(C)c1S(=O)(=O)N1CCC(O)(C2CC2)C1. The Hall–Kier alpha value is -1.11. The summed E-state index contributed by atoms with van der Waals surface area (Å²) in [6.07, 6.45) is 2.51. The van der Waals surface area contributed by atoms with Gasteiger partial charge in [-0.3, -0.25) is 0 Å². The molecule has 1 unspecified atom stereocenters. The zero-order chi connectivity index (χ0) is 16.1. The van der Waals surface area contributed by atoms with Crippen molar-refractivity contribution in [3.05, 3.63) is 23.3 Å². The third-order valence-electron chi connectivity index (χ3n) is 4.78. The van der Waals surface area contributed by atoms with E-state index in [1.54, 1.807) is 13.0 Å². The highest BCUT2D eigenvalue weighted by molar-refractivity contribution is 7.89. The van der Waals surface area contributed by atoms with Crippen molar-refractivity contribution in [2.24, 2.45) is 5.92 Å². The second-order valence-corrected chi connectivity index (χ2v) is 8.45. The monoisotopic (exact) mass is 325 g/mol. The normalized spacial score (nSPS) is 26.4. The average Bonchev–Trinajstić information content (AvgIpc) is 3.21. The highest BCUT2D eigenvalue weighted by Gasteiger charge is 2.51. The van der Waals surface area contributed by atoms with E-state index in [-0.39, 0.29) is 17.4 Å². The number of β-amino-alcohol motifs (C(OH)–C–C–N with tert-alkyl or cyclic N) is 1. The summed E-state index contributed by atoms with van der Waals surface area (Å²) in [4.78, 5) is 0.223. The minimum absolute atomic E-state index is 0.191. The van der Waals surface area contributed by atoms with E-state index in [0.717, 1.165) is 18.4 Å². The van der Waals surface area contributed by atoms with Crippen LogP contribution in [0, 0.1) is 19.8 Å². The van der Waals surface area contributed by atoms with Gasteiger partial charge in [0.1, 0.15) is 10.6 Å². The molecule has 2 aliphatic rings. The van der Waals surface area contributed by atoms with Gasteiger partial charge in [0.15, 0.2) is 0 Å². The minimum atomic E-state index is -3.66. The summed E-state index contributed by atoms with van der Waals surface area (Å²) in [7, 11) is -2.17. The van der Waals surface area contributed by atoms with Crippen LogP contribution in [-0.2, 0) is 10.0 Å². The minimum Gasteiger partial charge on any atom is -0.495 e. The largest absolute Gasteiger partial charge is 0.495 e. The Bertz CT molecular complexity index is 696. The van der Waals surface area contributed by atoms with E-state index >= 15 is 0 Å². The van der Waals surface area contributed by atoms with Crippen molar-refractivity contribution in [2.45, 2.75) is 43.6 Å². The Morgan fingerprint density at radius 2 is 2.00 bits per heavy atom. The summed E-state index contributed by atoms with van der Waals surface area (Å²) in [6, 6.07) is 3.58. The third-order valence-corrected chi connectivity index (χ3v) is 6.81. The maximum atomic E-state index is 13.0. The molecule has 5 nitrogen and oxygen atoms in total. The van der Waals surface area contributed by atoms with Gasteiger partial charge in [0.2, 0.25) is 10.0 Å². The van der Waals surface area contributed by atoms with Gasteiger partial charge in [-0.2, -0.15) is 4.31 Å². The molecule has 122 valence electrons. The Balaban J connectivity index is 1.97. The van der Waals surface area contributed by atoms with Crippen LogP contribution in [0.5, 0.6) is 5.75 Å². The van der Waals surface area contributed by atoms with E-state index in [9.17, 15) is 13.5 Å². The van der Waals surface area contributed by atoms with E-state index in [1.807, 2.05) is 13.0 Å². The maximum absolute atomic E-state index is 13.0. The van der Waals surface area contributed by atoms with Gasteiger partial charge in [0.05, 0.1) is 12.7 Å². The van der Waals surface area contributed by atoms with Crippen LogP contribution in [0.15, 0.2) is 17.0 Å². The fourth-order valence-electron chi connectivity index (χ4n) is 3.47. The molecule has 3 rings (SSSR count). The third kappa shape index (κ3) is 2.53. The summed E-state index contributed by atoms with van der Waals surface area (Å²) in [5.41, 5.74) is 0.793. The molecule has 1 aromatic rings. The number of hydrogen-bond donors (Lipinski definition) is 1. The van der Waals surface area contributed by atoms with Gasteiger partial charge < -0.3 is 9.84 Å². The van der Waals surface area contributed by atoms with Gasteiger partial charge in [-0.1, -0.05) is 6.07 Å². The van der Waals surface area contributed by atoms with E-state index < -0.39 is 15.6 Å². The Morgan fingerprint density at radius 3 is 2.59 bits per heavy atom. The first-order chi connectivity index (χ1) is 10.3. The predicted molar refractivity (Wildman–Crippen MR) is 83.5 cm³/mol. The fourth-order valence-corrected chi connectivity index (χ4v) is 5.31. The lowest BCUT2D eigenvalue weighted by molar-refractivity contribution is 0.0331. The summed E-state index contributed by atoms with van der Waals surface area (Å²) >= 11 is 0. The number of nitrogens with zero attached hydrogens (tertiary/aromatic N) is 1. The van der Waals surface area contributed by atoms with E-state index in [2.05, 4.69) is 0 Å². The summed E-state index contributed by atoms with van der Waals surface area (Å²) in [6.45, 7) is 4.25. The summed E-state index contributed by atoms with van der Waals surface area (Å²) < 4.78 is 32.7. The molecule has 1 aliphatic heterocycles. The zero-order valence-electron chi connectivity index (χ0n) is 13.3. The Morgan fingerprint density at radius 1 is 1.32 bits per heavy atom. The number of aliphatic hydroxyl groups is 1. The number of rotatable bonds is 4. The average molecular weight is 325 g/mol. The number of methoxy groups -OCH3 is 1. The number of sulfonamides is 1. The molecule has 1 aromatic carbocycles. The van der Waals surface area contributed by atoms with Crippen molar-refractivity contribution in [1.82, 2.24) is 4.31 Å². The van der Waals surface area contributed by atoms with Crippen molar-refractivity contribution >= 4 is 10.0 Å². The second kappa shape index (κ2) is 5.22. The quantitative estimate of drug-likeness (QED) is 0.917. The lowest BCUT2D eigenvalue weighted by Gasteiger charge is -2.24. The summed E-state index contributed by atoms with van der Waals surface area (Å²) in [5.74, 6) is 0.632. The van der Waals surface area contributed by atoms with Crippen molar-refractivity contribution < 1.29 is 18.3 Å². The molecule has 1 atom stereocenters. The van der Waals surface area contributed by atoms with Gasteiger partial charge in [-0.25, -0.2) is 8.42 Å². The fraction of sp³-hybridized carbons (Fsp3) is 0.625. The standard InChI is InChI=1S/C16H23NO4S/c1-11-8-12(2)15(14(9-11)21-3)22(19,20)17-7-6-16(18,10-17)13-4-5-13/h8-9,13,18H,4-7,10H2,1-3H3. The van der Waals surface area contributed by atoms with Crippen LogP contribution in [0.4, 0.5) is 0 Å². The molecule has 22 heavy (non-hydrogen) atoms. The van der Waals surface area contributed by atoms with Crippen LogP contribution in [-0.4, -0.2) is 43.6 Å². The highest BCUT2D eigenvalue weighted by atomic mass is 32.2. The van der Waals surface area contributed by atoms with E-state index in [0.29, 0.717) is 24.3 Å². The Kier molecular flexibility index (Phi) is 3.74. The molecule has 1 saturated heterocycles. The molecule has 0 radical (unpaired) electrons. The molecule has 0 bridgehead atoms. The lowest BCUT2D eigenvalue weighted by atomic mass is 9.97. The molecular weight excluding hydrogens is 302 g/mol. The summed E-state index contributed by atoms with van der Waals surface area (Å²) in [5, 5.41) is 10.6. The molecule has 1 saturated carbocycles. The molecular formula is C16H23NO4S. The molecule has 1 N–H and O–H groups in total. The molecule has 2 fully saturated rings. The van der Waals surface area contributed by atoms with Gasteiger partial charge in [0, 0.05) is 13.1 Å². The second-order valence-electron chi connectivity index (χ2n) is 6.58. The first kappa shape index (κ1) is 15.8. The first-order valence-corrected chi connectivity index (χ1v) is 9.10. The molecule has 1 aliphatic carbocycles. The highest BCUT2D eigenvalue weighted by Crippen LogP contribution is 2.46. The number of aryl methyl sites for hydroxylation is 2. The van der Waals surface area contributed by atoms with Crippen LogP contribution >= 0.6 is 0 Å². The topological polar surface area (TPSA) is 66.8 Å². The van der Waals surface area contributed by atoms with Crippen molar-refractivity contribution in [3.63, 3.8) is 0 Å². The van der Waals surface area contributed by atoms with Crippen LogP contribution < -0.4 is 4.74 Å². The predicted octanol–water partition coefficient (Wildman–Crippen LogP) is 1.85.